The first-order valence-electron chi connectivity index (χ1n) is 9.13. The molecule has 1 fully saturated rings. The number of nitrogens with zero attached hydrogens (tertiary/aromatic N) is 1. The summed E-state index contributed by atoms with van der Waals surface area (Å²) in [6.45, 7) is 7.45. The van der Waals surface area contributed by atoms with Gasteiger partial charge in [-0.2, -0.15) is 0 Å². The first kappa shape index (κ1) is 17.0. The van der Waals surface area contributed by atoms with Crippen molar-refractivity contribution in [2.45, 2.75) is 39.2 Å². The maximum absolute atomic E-state index is 11.9. The van der Waals surface area contributed by atoms with E-state index in [0.717, 1.165) is 43.8 Å². The van der Waals surface area contributed by atoms with E-state index in [1.807, 2.05) is 30.0 Å². The van der Waals surface area contributed by atoms with E-state index in [9.17, 15) is 4.79 Å². The molecule has 3 rings (SSSR count). The number of benzene rings is 1. The number of nitrogens with one attached hydrogen (secondary N) is 1. The van der Waals surface area contributed by atoms with E-state index in [1.54, 1.807) is 0 Å². The van der Waals surface area contributed by atoms with Crippen LogP contribution >= 0.6 is 0 Å². The Morgan fingerprint density at radius 1 is 1.33 bits per heavy atom. The minimum Gasteiger partial charge on any atom is -0.489 e. The van der Waals surface area contributed by atoms with Crippen molar-refractivity contribution in [1.82, 2.24) is 10.2 Å². The second-order valence-corrected chi connectivity index (χ2v) is 6.77. The number of piperidine rings is 1. The van der Waals surface area contributed by atoms with Gasteiger partial charge in [0, 0.05) is 37.7 Å². The van der Waals surface area contributed by atoms with Crippen LogP contribution in [0.3, 0.4) is 0 Å². The van der Waals surface area contributed by atoms with E-state index in [2.05, 4.69) is 24.4 Å². The Balaban J connectivity index is 1.57. The van der Waals surface area contributed by atoms with Crippen molar-refractivity contribution in [3.8, 4) is 5.75 Å². The molecule has 2 aliphatic rings. The van der Waals surface area contributed by atoms with Crippen molar-refractivity contribution in [1.29, 1.82) is 0 Å². The first-order chi connectivity index (χ1) is 11.7. The van der Waals surface area contributed by atoms with Crippen LogP contribution in [0.2, 0.25) is 0 Å². The van der Waals surface area contributed by atoms with Crippen LogP contribution in [-0.2, 0) is 4.79 Å². The number of likely N-dealkylation sites (tertiary alicyclic amines) is 1. The zero-order valence-corrected chi connectivity index (χ0v) is 14.8. The van der Waals surface area contributed by atoms with Gasteiger partial charge in [0.2, 0.25) is 5.91 Å². The molecule has 0 radical (unpaired) electrons. The second-order valence-electron chi connectivity index (χ2n) is 6.77. The molecule has 130 valence electrons. The number of hydrogen-bond acceptors (Lipinski definition) is 3. The first-order valence-corrected chi connectivity index (χ1v) is 9.13. The molecule has 0 bridgehead atoms. The Kier molecular flexibility index (Phi) is 5.56. The van der Waals surface area contributed by atoms with E-state index in [-0.39, 0.29) is 5.91 Å². The maximum Gasteiger partial charge on any atom is 0.222 e. The molecular weight excluding hydrogens is 300 g/mol. The number of fused-ring (bicyclic) bond motifs is 1. The smallest absolute Gasteiger partial charge is 0.222 e. The lowest BCUT2D eigenvalue weighted by Crippen LogP contribution is -2.51. The summed E-state index contributed by atoms with van der Waals surface area (Å²) < 4.78 is 5.83. The van der Waals surface area contributed by atoms with E-state index >= 15 is 0 Å². The third kappa shape index (κ3) is 3.81. The van der Waals surface area contributed by atoms with Gasteiger partial charge in [-0.3, -0.25) is 4.79 Å². The zero-order chi connectivity index (χ0) is 16.9. The number of para-hydroxylation sites is 1. The largest absolute Gasteiger partial charge is 0.489 e. The van der Waals surface area contributed by atoms with Gasteiger partial charge in [-0.05, 0) is 30.1 Å². The molecule has 4 nitrogen and oxygen atoms in total. The fourth-order valence-corrected chi connectivity index (χ4v) is 3.69. The Labute approximate surface area is 144 Å². The normalized spacial score (nSPS) is 23.2. The number of hydrogen-bond donors (Lipinski definition) is 1. The standard InChI is InChI=1S/C20H28N2O2/c1-3-16-13-22(20(23)4-2)10-9-18(16)21-12-15-11-17-7-5-6-8-19(17)24-14-15/h5-8,11,16,18,21H,3-4,9-10,12-14H2,1-2H3/t16-,18-/m1/s1. The summed E-state index contributed by atoms with van der Waals surface area (Å²) in [5.74, 6) is 1.79. The van der Waals surface area contributed by atoms with Gasteiger partial charge < -0.3 is 15.0 Å². The van der Waals surface area contributed by atoms with E-state index in [0.29, 0.717) is 25.0 Å². The molecule has 2 aliphatic heterocycles. The Hall–Kier alpha value is -1.81. The third-order valence-electron chi connectivity index (χ3n) is 5.20. The van der Waals surface area contributed by atoms with Crippen LogP contribution in [0.1, 0.15) is 38.7 Å². The Morgan fingerprint density at radius 2 is 2.17 bits per heavy atom. The summed E-state index contributed by atoms with van der Waals surface area (Å²) >= 11 is 0. The summed E-state index contributed by atoms with van der Waals surface area (Å²) in [6, 6.07) is 8.64. The summed E-state index contributed by atoms with van der Waals surface area (Å²) in [5.41, 5.74) is 2.45. The van der Waals surface area contributed by atoms with Gasteiger partial charge in [-0.15, -0.1) is 0 Å². The van der Waals surface area contributed by atoms with Crippen LogP contribution < -0.4 is 10.1 Å². The second kappa shape index (κ2) is 7.84. The highest BCUT2D eigenvalue weighted by molar-refractivity contribution is 5.75. The van der Waals surface area contributed by atoms with Gasteiger partial charge in [0.25, 0.3) is 0 Å². The summed E-state index contributed by atoms with van der Waals surface area (Å²) in [5, 5.41) is 3.71. The quantitative estimate of drug-likeness (QED) is 0.903. The zero-order valence-electron chi connectivity index (χ0n) is 14.8. The van der Waals surface area contributed by atoms with Crippen molar-refractivity contribution in [2.75, 3.05) is 26.2 Å². The molecule has 0 aliphatic carbocycles. The van der Waals surface area contributed by atoms with Crippen LogP contribution in [0.4, 0.5) is 0 Å². The summed E-state index contributed by atoms with van der Waals surface area (Å²) in [4.78, 5) is 14.0. The predicted molar refractivity (Wildman–Crippen MR) is 97.0 cm³/mol. The van der Waals surface area contributed by atoms with Crippen LogP contribution in [0, 0.1) is 5.92 Å². The maximum atomic E-state index is 11.9. The van der Waals surface area contributed by atoms with Crippen molar-refractivity contribution >= 4 is 12.0 Å². The average molecular weight is 328 g/mol. The molecule has 1 N–H and O–H groups in total. The molecular formula is C20H28N2O2. The average Bonchev–Trinajstić information content (AvgIpc) is 2.65. The topological polar surface area (TPSA) is 41.6 Å². The summed E-state index contributed by atoms with van der Waals surface area (Å²) in [6.07, 6.45) is 4.99. The molecule has 2 heterocycles. The number of carbonyl (C=O) groups excluding carboxylic acids is 1. The highest BCUT2D eigenvalue weighted by atomic mass is 16.5. The van der Waals surface area contributed by atoms with Crippen LogP contribution in [0.15, 0.2) is 29.8 Å². The number of carbonyl (C=O) groups is 1. The molecule has 1 saturated heterocycles. The van der Waals surface area contributed by atoms with Crippen molar-refractivity contribution < 1.29 is 9.53 Å². The SMILES string of the molecule is CCC(=O)N1CC[C@@H](NCC2=Cc3ccccc3OC2)[C@H](CC)C1. The molecule has 1 aromatic rings. The highest BCUT2D eigenvalue weighted by Gasteiger charge is 2.29. The lowest BCUT2D eigenvalue weighted by atomic mass is 9.89. The van der Waals surface area contributed by atoms with E-state index < -0.39 is 0 Å². The molecule has 1 aromatic carbocycles. The fraction of sp³-hybridized carbons (Fsp3) is 0.550. The van der Waals surface area contributed by atoms with Gasteiger partial charge in [0.1, 0.15) is 12.4 Å². The highest BCUT2D eigenvalue weighted by Crippen LogP contribution is 2.26. The monoisotopic (exact) mass is 328 g/mol. The van der Waals surface area contributed by atoms with E-state index in [4.69, 9.17) is 4.74 Å². The molecule has 4 heteroatoms. The lowest BCUT2D eigenvalue weighted by Gasteiger charge is -2.39. The van der Waals surface area contributed by atoms with Crippen LogP contribution in [0.25, 0.3) is 6.08 Å². The van der Waals surface area contributed by atoms with Gasteiger partial charge in [-0.1, -0.05) is 38.5 Å². The Bertz CT molecular complexity index is 611. The van der Waals surface area contributed by atoms with Crippen molar-refractivity contribution in [2.24, 2.45) is 5.92 Å². The van der Waals surface area contributed by atoms with Gasteiger partial charge in [0.15, 0.2) is 0 Å². The minimum atomic E-state index is 0.284. The third-order valence-corrected chi connectivity index (χ3v) is 5.20. The molecule has 2 atom stereocenters. The molecule has 0 saturated carbocycles. The van der Waals surface area contributed by atoms with Crippen molar-refractivity contribution in [3.05, 3.63) is 35.4 Å². The van der Waals surface area contributed by atoms with E-state index in [1.165, 1.54) is 5.57 Å². The van der Waals surface area contributed by atoms with Gasteiger partial charge >= 0.3 is 0 Å². The molecule has 24 heavy (non-hydrogen) atoms. The molecule has 0 spiro atoms. The number of ether oxygens (including phenoxy) is 1. The molecule has 1 amide bonds. The van der Waals surface area contributed by atoms with Gasteiger partial charge in [0.05, 0.1) is 0 Å². The number of amides is 1. The molecule has 0 unspecified atom stereocenters. The predicted octanol–water partition coefficient (Wildman–Crippen LogP) is 3.09. The minimum absolute atomic E-state index is 0.284. The van der Waals surface area contributed by atoms with Crippen LogP contribution in [0.5, 0.6) is 5.75 Å². The van der Waals surface area contributed by atoms with Crippen LogP contribution in [-0.4, -0.2) is 43.1 Å². The molecule has 0 aromatic heterocycles. The number of rotatable bonds is 5. The summed E-state index contributed by atoms with van der Waals surface area (Å²) in [7, 11) is 0. The van der Waals surface area contributed by atoms with Gasteiger partial charge in [-0.25, -0.2) is 0 Å². The van der Waals surface area contributed by atoms with Crippen molar-refractivity contribution in [3.63, 3.8) is 0 Å². The fourth-order valence-electron chi connectivity index (χ4n) is 3.69. The Morgan fingerprint density at radius 3 is 2.96 bits per heavy atom. The lowest BCUT2D eigenvalue weighted by molar-refractivity contribution is -0.133.